The van der Waals surface area contributed by atoms with E-state index in [2.05, 4.69) is 15.9 Å². The summed E-state index contributed by atoms with van der Waals surface area (Å²) in [5, 5.41) is 0. The summed E-state index contributed by atoms with van der Waals surface area (Å²) in [7, 11) is 0. The number of aryl methyl sites for hydroxylation is 1. The molecular formula is C14H10BrClF2O. The van der Waals surface area contributed by atoms with Gasteiger partial charge in [-0.05, 0) is 25.1 Å². The molecule has 0 unspecified atom stereocenters. The Kier molecular flexibility index (Phi) is 4.42. The maximum atomic E-state index is 13.6. The smallest absolute Gasteiger partial charge is 0.201 e. The third-order valence-electron chi connectivity index (χ3n) is 2.54. The van der Waals surface area contributed by atoms with E-state index in [1.54, 1.807) is 6.07 Å². The number of ether oxygens (including phenoxy) is 1. The topological polar surface area (TPSA) is 9.23 Å². The molecule has 2 rings (SSSR count). The van der Waals surface area contributed by atoms with Gasteiger partial charge < -0.3 is 4.74 Å². The van der Waals surface area contributed by atoms with Gasteiger partial charge in [0.1, 0.15) is 5.75 Å². The Morgan fingerprint density at radius 1 is 1.16 bits per heavy atom. The molecule has 0 aliphatic heterocycles. The van der Waals surface area contributed by atoms with Crippen LogP contribution in [-0.2, 0) is 5.88 Å². The highest BCUT2D eigenvalue weighted by Gasteiger charge is 2.13. The van der Waals surface area contributed by atoms with Crippen molar-refractivity contribution in [1.29, 1.82) is 0 Å². The largest absolute Gasteiger partial charge is 0.454 e. The predicted molar refractivity (Wildman–Crippen MR) is 74.9 cm³/mol. The number of benzene rings is 2. The Labute approximate surface area is 123 Å². The first kappa shape index (κ1) is 14.3. The molecular weight excluding hydrogens is 338 g/mol. The van der Waals surface area contributed by atoms with Crippen LogP contribution in [0.25, 0.3) is 0 Å². The molecule has 5 heteroatoms. The summed E-state index contributed by atoms with van der Waals surface area (Å²) in [6.07, 6.45) is 0. The average molecular weight is 348 g/mol. The van der Waals surface area contributed by atoms with E-state index in [1.807, 2.05) is 19.1 Å². The highest BCUT2D eigenvalue weighted by molar-refractivity contribution is 9.10. The molecule has 0 radical (unpaired) electrons. The maximum Gasteiger partial charge on any atom is 0.201 e. The van der Waals surface area contributed by atoms with Crippen molar-refractivity contribution in [3.8, 4) is 11.5 Å². The zero-order chi connectivity index (χ0) is 14.0. The molecule has 0 aliphatic rings. The molecule has 0 N–H and O–H groups in total. The minimum atomic E-state index is -1.02. The molecule has 0 saturated heterocycles. The summed E-state index contributed by atoms with van der Waals surface area (Å²) in [5.41, 5.74) is 1.74. The van der Waals surface area contributed by atoms with Gasteiger partial charge in [0.2, 0.25) is 5.82 Å². The lowest BCUT2D eigenvalue weighted by atomic mass is 10.1. The van der Waals surface area contributed by atoms with Crippen molar-refractivity contribution in [1.82, 2.24) is 0 Å². The molecule has 2 aromatic rings. The highest BCUT2D eigenvalue weighted by Crippen LogP contribution is 2.32. The van der Waals surface area contributed by atoms with Gasteiger partial charge in [0.05, 0.1) is 5.88 Å². The van der Waals surface area contributed by atoms with Crippen LogP contribution in [-0.4, -0.2) is 0 Å². The molecule has 0 bridgehead atoms. The van der Waals surface area contributed by atoms with Crippen LogP contribution >= 0.6 is 27.5 Å². The van der Waals surface area contributed by atoms with E-state index in [9.17, 15) is 8.78 Å². The van der Waals surface area contributed by atoms with E-state index in [-0.39, 0.29) is 11.6 Å². The molecule has 100 valence electrons. The van der Waals surface area contributed by atoms with E-state index in [4.69, 9.17) is 16.3 Å². The number of hydrogen-bond donors (Lipinski definition) is 0. The first-order chi connectivity index (χ1) is 9.01. The fourth-order valence-electron chi connectivity index (χ4n) is 1.64. The van der Waals surface area contributed by atoms with Crippen LogP contribution in [0.5, 0.6) is 11.5 Å². The van der Waals surface area contributed by atoms with Crippen molar-refractivity contribution in [2.24, 2.45) is 0 Å². The highest BCUT2D eigenvalue weighted by atomic mass is 79.9. The summed E-state index contributed by atoms with van der Waals surface area (Å²) >= 11 is 8.91. The molecule has 1 nitrogen and oxygen atoms in total. The minimum absolute atomic E-state index is 0.179. The van der Waals surface area contributed by atoms with Crippen molar-refractivity contribution in [3.05, 3.63) is 57.6 Å². The van der Waals surface area contributed by atoms with Gasteiger partial charge >= 0.3 is 0 Å². The molecule has 0 saturated carbocycles. The van der Waals surface area contributed by atoms with E-state index >= 15 is 0 Å². The van der Waals surface area contributed by atoms with Gasteiger partial charge in [-0.25, -0.2) is 4.39 Å². The summed E-state index contributed by atoms with van der Waals surface area (Å²) in [6.45, 7) is 1.92. The number of halogens is 4. The lowest BCUT2D eigenvalue weighted by Gasteiger charge is -2.11. The van der Waals surface area contributed by atoms with Gasteiger partial charge in [-0.1, -0.05) is 33.6 Å². The third kappa shape index (κ3) is 3.25. The zero-order valence-corrected chi connectivity index (χ0v) is 12.4. The second-order valence-corrected chi connectivity index (χ2v) is 5.23. The lowest BCUT2D eigenvalue weighted by Crippen LogP contribution is -1.95. The minimum Gasteiger partial charge on any atom is -0.454 e. The molecule has 0 atom stereocenters. The second-order valence-electron chi connectivity index (χ2n) is 4.05. The molecule has 0 aromatic heterocycles. The van der Waals surface area contributed by atoms with Gasteiger partial charge in [0, 0.05) is 10.0 Å². The third-order valence-corrected chi connectivity index (χ3v) is 3.29. The summed E-state index contributed by atoms with van der Waals surface area (Å²) in [6, 6.07) is 7.76. The van der Waals surface area contributed by atoms with Crippen LogP contribution in [0.2, 0.25) is 0 Å². The van der Waals surface area contributed by atoms with E-state index in [0.717, 1.165) is 17.2 Å². The molecule has 0 spiro atoms. The number of hydrogen-bond acceptors (Lipinski definition) is 1. The predicted octanol–water partition coefficient (Wildman–Crippen LogP) is 5.57. The summed E-state index contributed by atoms with van der Waals surface area (Å²) < 4.78 is 32.7. The summed E-state index contributed by atoms with van der Waals surface area (Å²) in [5.74, 6) is -1.53. The van der Waals surface area contributed by atoms with E-state index < -0.39 is 11.6 Å². The average Bonchev–Trinajstić information content (AvgIpc) is 2.37. The van der Waals surface area contributed by atoms with Gasteiger partial charge in [-0.15, -0.1) is 11.6 Å². The molecule has 2 aromatic carbocycles. The van der Waals surface area contributed by atoms with Crippen LogP contribution in [0.15, 0.2) is 34.8 Å². The first-order valence-electron chi connectivity index (χ1n) is 5.49. The van der Waals surface area contributed by atoms with Crippen LogP contribution < -0.4 is 4.74 Å². The second kappa shape index (κ2) is 5.88. The van der Waals surface area contributed by atoms with Gasteiger partial charge in [0.15, 0.2) is 11.6 Å². The lowest BCUT2D eigenvalue weighted by molar-refractivity contribution is 0.413. The molecule has 0 amide bonds. The van der Waals surface area contributed by atoms with Gasteiger partial charge in [-0.3, -0.25) is 0 Å². The molecule has 0 fully saturated rings. The van der Waals surface area contributed by atoms with Crippen molar-refractivity contribution in [3.63, 3.8) is 0 Å². The normalized spacial score (nSPS) is 10.6. The quantitative estimate of drug-likeness (QED) is 0.521. The Bertz CT molecular complexity index is 617. The van der Waals surface area contributed by atoms with Crippen LogP contribution in [0, 0.1) is 18.6 Å². The maximum absolute atomic E-state index is 13.6. The van der Waals surface area contributed by atoms with Crippen LogP contribution in [0.3, 0.4) is 0 Å². The van der Waals surface area contributed by atoms with Crippen molar-refractivity contribution in [2.75, 3.05) is 0 Å². The number of alkyl halides is 1. The van der Waals surface area contributed by atoms with Gasteiger partial charge in [0.25, 0.3) is 0 Å². The summed E-state index contributed by atoms with van der Waals surface area (Å²) in [4.78, 5) is 0. The van der Waals surface area contributed by atoms with Crippen LogP contribution in [0.1, 0.15) is 11.1 Å². The molecule has 19 heavy (non-hydrogen) atoms. The standard InChI is InChI=1S/C14H10BrClF2O/c1-8-2-3-12(9(4-8)7-16)19-13-6-10(15)5-11(17)14(13)18/h2-6H,7H2,1H3. The number of rotatable bonds is 3. The molecule has 0 heterocycles. The van der Waals surface area contributed by atoms with E-state index in [1.165, 1.54) is 6.07 Å². The SMILES string of the molecule is Cc1ccc(Oc2cc(Br)cc(F)c2F)c(CCl)c1. The Balaban J connectivity index is 2.41. The first-order valence-corrected chi connectivity index (χ1v) is 6.82. The Morgan fingerprint density at radius 3 is 2.58 bits per heavy atom. The van der Waals surface area contributed by atoms with Crippen molar-refractivity contribution in [2.45, 2.75) is 12.8 Å². The van der Waals surface area contributed by atoms with E-state index in [0.29, 0.717) is 10.2 Å². The van der Waals surface area contributed by atoms with Crippen molar-refractivity contribution >= 4 is 27.5 Å². The van der Waals surface area contributed by atoms with Crippen molar-refractivity contribution < 1.29 is 13.5 Å². The fourth-order valence-corrected chi connectivity index (χ4v) is 2.26. The fraction of sp³-hybridized carbons (Fsp3) is 0.143. The monoisotopic (exact) mass is 346 g/mol. The van der Waals surface area contributed by atoms with Gasteiger partial charge in [-0.2, -0.15) is 4.39 Å². The Morgan fingerprint density at radius 2 is 1.89 bits per heavy atom. The van der Waals surface area contributed by atoms with Crippen LogP contribution in [0.4, 0.5) is 8.78 Å². The molecule has 0 aliphatic carbocycles. The zero-order valence-electron chi connectivity index (χ0n) is 10.0. The Hall–Kier alpha value is -1.13.